The number of methoxy groups -OCH3 is 1. The molecule has 1 unspecified atom stereocenters. The molecule has 118 valence electrons. The lowest BCUT2D eigenvalue weighted by Crippen LogP contribution is -2.12. The summed E-state index contributed by atoms with van der Waals surface area (Å²) < 4.78 is 6.21. The fourth-order valence-corrected chi connectivity index (χ4v) is 2.60. The van der Waals surface area contributed by atoms with Gasteiger partial charge in [-0.2, -0.15) is 0 Å². The van der Waals surface area contributed by atoms with Crippen molar-refractivity contribution in [2.45, 2.75) is 19.6 Å². The van der Waals surface area contributed by atoms with Gasteiger partial charge >= 0.3 is 11.6 Å². The molecule has 0 amide bonds. The van der Waals surface area contributed by atoms with E-state index in [1.807, 2.05) is 0 Å². The zero-order valence-electron chi connectivity index (χ0n) is 11.8. The second kappa shape index (κ2) is 6.51. The third-order valence-corrected chi connectivity index (χ3v) is 3.75. The largest absolute Gasteiger partial charge is 0.475 e. The van der Waals surface area contributed by atoms with Crippen LogP contribution in [0.25, 0.3) is 0 Å². The Balaban J connectivity index is 2.32. The first kappa shape index (κ1) is 16.5. The van der Waals surface area contributed by atoms with Gasteiger partial charge in [0, 0.05) is 15.6 Å². The highest BCUT2D eigenvalue weighted by atomic mass is 35.5. The maximum atomic E-state index is 11.0. The Kier molecular flexibility index (Phi) is 4.90. The molecule has 0 radical (unpaired) electrons. The Labute approximate surface area is 136 Å². The Morgan fingerprint density at radius 2 is 2.18 bits per heavy atom. The first-order chi connectivity index (χ1) is 10.3. The minimum absolute atomic E-state index is 0.00259. The minimum Gasteiger partial charge on any atom is -0.475 e. The van der Waals surface area contributed by atoms with E-state index in [0.717, 1.165) is 0 Å². The second-order valence-corrected chi connectivity index (χ2v) is 5.41. The lowest BCUT2D eigenvalue weighted by molar-refractivity contribution is -0.386. The van der Waals surface area contributed by atoms with Gasteiger partial charge in [0.05, 0.1) is 24.7 Å². The Morgan fingerprint density at radius 3 is 2.68 bits per heavy atom. The normalized spacial score (nSPS) is 12.2. The standard InChI is InChI=1S/C13H13Cl2N3O4/c1-7-12(18(20)21)13(22-2)16-17(7)6-11(19)9-4-3-8(14)5-10(9)15/h3-5,11,19H,6H2,1-2H3. The summed E-state index contributed by atoms with van der Waals surface area (Å²) in [7, 11) is 1.30. The third kappa shape index (κ3) is 3.16. The number of rotatable bonds is 5. The number of nitro groups is 1. The van der Waals surface area contributed by atoms with Crippen molar-refractivity contribution in [2.75, 3.05) is 7.11 Å². The molecule has 7 nitrogen and oxygen atoms in total. The highest BCUT2D eigenvalue weighted by Crippen LogP contribution is 2.32. The summed E-state index contributed by atoms with van der Waals surface area (Å²) in [5.41, 5.74) is 0.519. The van der Waals surface area contributed by atoms with E-state index in [9.17, 15) is 15.2 Å². The number of aromatic nitrogens is 2. The van der Waals surface area contributed by atoms with Crippen molar-refractivity contribution in [3.63, 3.8) is 0 Å². The Morgan fingerprint density at radius 1 is 1.50 bits per heavy atom. The maximum Gasteiger partial charge on any atom is 0.352 e. The number of benzene rings is 1. The number of halogens is 2. The first-order valence-corrected chi connectivity index (χ1v) is 6.99. The lowest BCUT2D eigenvalue weighted by atomic mass is 10.1. The van der Waals surface area contributed by atoms with Crippen LogP contribution < -0.4 is 4.74 Å². The van der Waals surface area contributed by atoms with Crippen LogP contribution in [0.3, 0.4) is 0 Å². The molecule has 0 saturated heterocycles. The van der Waals surface area contributed by atoms with E-state index in [2.05, 4.69) is 5.10 Å². The van der Waals surface area contributed by atoms with E-state index >= 15 is 0 Å². The lowest BCUT2D eigenvalue weighted by Gasteiger charge is -2.13. The van der Waals surface area contributed by atoms with Crippen molar-refractivity contribution in [2.24, 2.45) is 0 Å². The molecule has 1 aromatic carbocycles. The molecule has 2 aromatic rings. The van der Waals surface area contributed by atoms with E-state index in [4.69, 9.17) is 27.9 Å². The fraction of sp³-hybridized carbons (Fsp3) is 0.308. The van der Waals surface area contributed by atoms with Crippen LogP contribution in [-0.4, -0.2) is 26.9 Å². The van der Waals surface area contributed by atoms with Gasteiger partial charge in [-0.3, -0.25) is 14.8 Å². The molecule has 1 aromatic heterocycles. The van der Waals surface area contributed by atoms with E-state index in [1.54, 1.807) is 12.1 Å². The summed E-state index contributed by atoms with van der Waals surface area (Å²) in [5.74, 6) is -0.100. The molecule has 0 aliphatic rings. The summed E-state index contributed by atoms with van der Waals surface area (Å²) in [4.78, 5) is 10.5. The number of aliphatic hydroxyl groups is 1. The molecular weight excluding hydrogens is 333 g/mol. The highest BCUT2D eigenvalue weighted by molar-refractivity contribution is 6.35. The van der Waals surface area contributed by atoms with Crippen LogP contribution in [0.1, 0.15) is 17.4 Å². The van der Waals surface area contributed by atoms with Gasteiger partial charge in [0.2, 0.25) is 0 Å². The van der Waals surface area contributed by atoms with Gasteiger partial charge in [0.25, 0.3) is 0 Å². The molecule has 0 fully saturated rings. The van der Waals surface area contributed by atoms with Crippen LogP contribution in [0.15, 0.2) is 18.2 Å². The fourth-order valence-electron chi connectivity index (χ4n) is 2.07. The molecule has 0 aliphatic carbocycles. The first-order valence-electron chi connectivity index (χ1n) is 6.24. The molecule has 1 atom stereocenters. The van der Waals surface area contributed by atoms with E-state index < -0.39 is 11.0 Å². The quantitative estimate of drug-likeness (QED) is 0.663. The molecule has 1 heterocycles. The van der Waals surface area contributed by atoms with Gasteiger partial charge in [-0.15, -0.1) is 5.10 Å². The van der Waals surface area contributed by atoms with E-state index in [0.29, 0.717) is 15.6 Å². The summed E-state index contributed by atoms with van der Waals surface area (Å²) in [5, 5.41) is 26.1. The van der Waals surface area contributed by atoms with Crippen molar-refractivity contribution >= 4 is 28.9 Å². The molecule has 0 spiro atoms. The topological polar surface area (TPSA) is 90.4 Å². The van der Waals surface area contributed by atoms with Gasteiger partial charge < -0.3 is 9.84 Å². The van der Waals surface area contributed by atoms with Crippen molar-refractivity contribution in [3.05, 3.63) is 49.6 Å². The third-order valence-electron chi connectivity index (χ3n) is 3.19. The van der Waals surface area contributed by atoms with Crippen LogP contribution in [0, 0.1) is 17.0 Å². The summed E-state index contributed by atoms with van der Waals surface area (Å²) in [6, 6.07) is 4.71. The van der Waals surface area contributed by atoms with Gasteiger partial charge in [-0.25, -0.2) is 0 Å². The molecule has 22 heavy (non-hydrogen) atoms. The molecule has 2 rings (SSSR count). The van der Waals surface area contributed by atoms with Crippen LogP contribution in [0.2, 0.25) is 10.0 Å². The molecule has 0 saturated carbocycles. The molecule has 0 aliphatic heterocycles. The number of aliphatic hydroxyl groups excluding tert-OH is 1. The highest BCUT2D eigenvalue weighted by Gasteiger charge is 2.27. The molecule has 9 heteroatoms. The predicted octanol–water partition coefficient (Wildman–Crippen LogP) is 3.15. The number of hydrogen-bond acceptors (Lipinski definition) is 5. The van der Waals surface area contributed by atoms with Gasteiger partial charge in [0.1, 0.15) is 5.69 Å². The zero-order chi connectivity index (χ0) is 16.4. The van der Waals surface area contributed by atoms with Crippen molar-refractivity contribution in [3.8, 4) is 5.88 Å². The van der Waals surface area contributed by atoms with Crippen molar-refractivity contribution < 1.29 is 14.8 Å². The Hall–Kier alpha value is -1.83. The van der Waals surface area contributed by atoms with Gasteiger partial charge in [-0.1, -0.05) is 29.3 Å². The molecule has 0 bridgehead atoms. The average Bonchev–Trinajstić information content (AvgIpc) is 2.75. The smallest absolute Gasteiger partial charge is 0.352 e. The SMILES string of the molecule is COc1nn(CC(O)c2ccc(Cl)cc2Cl)c(C)c1[N+](=O)[O-]. The maximum absolute atomic E-state index is 11.0. The number of nitrogens with zero attached hydrogens (tertiary/aromatic N) is 3. The number of hydrogen-bond donors (Lipinski definition) is 1. The van der Waals surface area contributed by atoms with E-state index in [1.165, 1.54) is 24.8 Å². The monoisotopic (exact) mass is 345 g/mol. The molecular formula is C13H13Cl2N3O4. The predicted molar refractivity (Wildman–Crippen MR) is 81.6 cm³/mol. The van der Waals surface area contributed by atoms with Crippen molar-refractivity contribution in [1.29, 1.82) is 0 Å². The zero-order valence-corrected chi connectivity index (χ0v) is 13.3. The second-order valence-electron chi connectivity index (χ2n) is 4.56. The van der Waals surface area contributed by atoms with Crippen LogP contribution in [0.4, 0.5) is 5.69 Å². The Bertz CT molecular complexity index is 718. The summed E-state index contributed by atoms with van der Waals surface area (Å²) in [6.07, 6.45) is -0.993. The van der Waals surface area contributed by atoms with Crippen LogP contribution >= 0.6 is 23.2 Å². The minimum atomic E-state index is -0.993. The molecule has 1 N–H and O–H groups in total. The summed E-state index contributed by atoms with van der Waals surface area (Å²) in [6.45, 7) is 1.53. The van der Waals surface area contributed by atoms with Gasteiger partial charge in [0.15, 0.2) is 0 Å². The van der Waals surface area contributed by atoms with E-state index in [-0.39, 0.29) is 23.8 Å². The summed E-state index contributed by atoms with van der Waals surface area (Å²) >= 11 is 11.8. The van der Waals surface area contributed by atoms with Crippen molar-refractivity contribution in [1.82, 2.24) is 9.78 Å². The number of ether oxygens (including phenoxy) is 1. The van der Waals surface area contributed by atoms with Crippen LogP contribution in [0.5, 0.6) is 5.88 Å². The average molecular weight is 346 g/mol. The van der Waals surface area contributed by atoms with Crippen LogP contribution in [-0.2, 0) is 6.54 Å². The van der Waals surface area contributed by atoms with Gasteiger partial charge in [-0.05, 0) is 19.1 Å².